The molecule has 628 valence electrons. The van der Waals surface area contributed by atoms with Gasteiger partial charge >= 0.3 is 0 Å². The molecule has 0 aliphatic carbocycles. The van der Waals surface area contributed by atoms with Gasteiger partial charge in [-0.3, -0.25) is 19.2 Å². The van der Waals surface area contributed by atoms with Crippen LogP contribution in [0.2, 0.25) is 0 Å². The standard InChI is InChI=1S/2C21H22N.C20H20N.C18H16N.4C5H8O2.CH4.4Ir/c1-14(2)9-17-5-6-18-7-8-22-21(20(18)13-17)19-11-15(3)10-16(4)12-19;1-14(2)9-19-13-17-7-5-6-8-20(17)21(22-19)18-11-15(3)10-16(4)12-18;1-13(2)17-6-5-16-7-8-21-20(19(16)12-17)18-10-14(3)9-15(4)11-18;1-12-8-13(2)10-16(9-12)18-17-7-5-4-6-15(17)11-14(3)19-18;4*1-4(6)3-5(2)7;;;;;/h2*5-8,10-11,13-14H,9H2,1-4H3;5-10,12-13H,1-4H3;4-9,11H,1-3H3;4*3,6H,1-2H3;1H4;;;;/q4*-1;;;;;;;;;. The normalized spacial score (nSPS) is 10.8. The van der Waals surface area contributed by atoms with E-state index < -0.39 is 0 Å². The molecule has 12 nitrogen and oxygen atoms in total. The Hall–Kier alpha value is -9.16. The molecule has 117 heavy (non-hydrogen) atoms. The predicted molar refractivity (Wildman–Crippen MR) is 473 cm³/mol. The fraction of sp³-hybridized carbons (Fsp3) is 0.287. The van der Waals surface area contributed by atoms with Crippen molar-refractivity contribution in [1.29, 1.82) is 0 Å². The van der Waals surface area contributed by atoms with Crippen molar-refractivity contribution in [1.82, 2.24) is 19.9 Å². The number of aromatic nitrogens is 4. The molecule has 4 N–H and O–H groups in total. The number of hydrogen-bond acceptors (Lipinski definition) is 12. The summed E-state index contributed by atoms with van der Waals surface area (Å²) in [6.07, 6.45) is 10.5. The van der Waals surface area contributed by atoms with E-state index in [4.69, 9.17) is 30.4 Å². The third-order valence-electron chi connectivity index (χ3n) is 16.5. The van der Waals surface area contributed by atoms with Crippen LogP contribution in [0, 0.1) is 98.4 Å². The smallest absolute Gasteiger partial charge is 0.155 e. The molecule has 16 heteroatoms. The molecule has 0 fully saturated rings. The maximum absolute atomic E-state index is 10.0. The summed E-state index contributed by atoms with van der Waals surface area (Å²) in [5.74, 6) is 1.53. The first-order valence-corrected chi connectivity index (χ1v) is 37.8. The molecule has 0 unspecified atom stereocenters. The van der Waals surface area contributed by atoms with Gasteiger partial charge in [-0.05, 0) is 194 Å². The molecular weight excluding hydrogens is 2170 g/mol. The number of ketones is 4. The minimum atomic E-state index is -0.125. The minimum Gasteiger partial charge on any atom is -0.512 e. The second-order valence-electron chi connectivity index (χ2n) is 29.8. The molecule has 0 spiro atoms. The Morgan fingerprint density at radius 1 is 0.350 bits per heavy atom. The van der Waals surface area contributed by atoms with Crippen LogP contribution in [0.25, 0.3) is 88.1 Å². The molecule has 4 aromatic heterocycles. The quantitative estimate of drug-likeness (QED) is 0.0484. The Labute approximate surface area is 750 Å². The molecule has 8 aromatic carbocycles. The Balaban J connectivity index is 0.00000137. The van der Waals surface area contributed by atoms with Crippen LogP contribution in [0.15, 0.2) is 217 Å². The Morgan fingerprint density at radius 3 is 1.00 bits per heavy atom. The SMILES string of the molecule is C.CC(=O)C=C(C)O.CC(=O)C=C(C)O.CC(=O)C=C(C)O.CC(=O)C=C(C)O.Cc1[c-]c(-c2nc(C)cc3ccccc23)cc(C)c1.Cc1[c-]c(-c2nc(CC(C)C)cc3ccccc23)cc(C)c1.Cc1[c-]c(-c2nccc3ccc(C(C)C)cc23)cc(C)c1.Cc1[c-]c(-c2nccc3ccc(CC(C)C)cc23)cc(C)c1.[Ir].[Ir].[Ir].[Ir]. The van der Waals surface area contributed by atoms with E-state index in [1.54, 1.807) is 0 Å². The van der Waals surface area contributed by atoms with Crippen molar-refractivity contribution in [2.75, 3.05) is 0 Å². The van der Waals surface area contributed by atoms with Crippen molar-refractivity contribution in [3.8, 4) is 45.0 Å². The number of aryl methyl sites for hydroxylation is 9. The van der Waals surface area contributed by atoms with E-state index in [0.717, 1.165) is 91.5 Å². The van der Waals surface area contributed by atoms with Gasteiger partial charge in [0, 0.05) is 129 Å². The average molecular weight is 2280 g/mol. The third kappa shape index (κ3) is 38.4. The number of carbonyl (C=O) groups excluding carboxylic acids is 4. The Kier molecular flexibility index (Phi) is 49.1. The molecule has 0 amide bonds. The van der Waals surface area contributed by atoms with E-state index in [0.29, 0.717) is 17.8 Å². The first-order valence-electron chi connectivity index (χ1n) is 37.8. The number of hydrogen-bond donors (Lipinski definition) is 4. The molecule has 0 saturated carbocycles. The molecule has 4 radical (unpaired) electrons. The zero-order valence-corrected chi connectivity index (χ0v) is 80.7. The summed E-state index contributed by atoms with van der Waals surface area (Å²) in [7, 11) is 0. The van der Waals surface area contributed by atoms with Crippen LogP contribution >= 0.6 is 0 Å². The average Bonchev–Trinajstić information content (AvgIpc) is 0.820. The van der Waals surface area contributed by atoms with Gasteiger partial charge in [-0.25, -0.2) is 0 Å². The second kappa shape index (κ2) is 53.3. The summed E-state index contributed by atoms with van der Waals surface area (Å²) in [6, 6.07) is 69.9. The zero-order chi connectivity index (χ0) is 83.2. The number of rotatable bonds is 13. The van der Waals surface area contributed by atoms with E-state index in [1.807, 2.05) is 19.3 Å². The summed E-state index contributed by atoms with van der Waals surface area (Å²) >= 11 is 0. The number of carbonyl (C=O) groups is 4. The number of pyridine rings is 4. The van der Waals surface area contributed by atoms with Crippen molar-refractivity contribution in [3.05, 3.63) is 309 Å². The van der Waals surface area contributed by atoms with Crippen molar-refractivity contribution in [3.63, 3.8) is 0 Å². The molecular formula is C101H116Ir4N4O8-4. The first kappa shape index (κ1) is 108. The Morgan fingerprint density at radius 2 is 0.675 bits per heavy atom. The van der Waals surface area contributed by atoms with Gasteiger partial charge in [0.25, 0.3) is 0 Å². The van der Waals surface area contributed by atoms with Gasteiger partial charge < -0.3 is 40.4 Å². The van der Waals surface area contributed by atoms with Gasteiger partial charge in [0.1, 0.15) is 0 Å². The molecule has 0 saturated heterocycles. The fourth-order valence-electron chi connectivity index (χ4n) is 12.6. The van der Waals surface area contributed by atoms with E-state index in [2.05, 4.69) is 289 Å². The van der Waals surface area contributed by atoms with Gasteiger partial charge in [-0.15, -0.1) is 140 Å². The second-order valence-corrected chi connectivity index (χ2v) is 29.8. The maximum atomic E-state index is 10.0. The first-order chi connectivity index (χ1) is 52.7. The van der Waals surface area contributed by atoms with Crippen molar-refractivity contribution in [2.24, 2.45) is 11.8 Å². The van der Waals surface area contributed by atoms with Crippen molar-refractivity contribution < 1.29 is 120 Å². The van der Waals surface area contributed by atoms with Gasteiger partial charge in [-0.2, -0.15) is 0 Å². The Bertz CT molecular complexity index is 5200. The van der Waals surface area contributed by atoms with Gasteiger partial charge in [0.2, 0.25) is 0 Å². The molecule has 4 heterocycles. The monoisotopic (exact) mass is 2280 g/mol. The van der Waals surface area contributed by atoms with Crippen LogP contribution in [0.4, 0.5) is 0 Å². The summed E-state index contributed by atoms with van der Waals surface area (Å²) in [4.78, 5) is 59.0. The zero-order valence-electron chi connectivity index (χ0n) is 71.2. The molecule has 12 rings (SSSR count). The topological polar surface area (TPSA) is 201 Å². The third-order valence-corrected chi connectivity index (χ3v) is 16.5. The molecule has 12 aromatic rings. The number of fused-ring (bicyclic) bond motifs is 4. The van der Waals surface area contributed by atoms with Crippen LogP contribution < -0.4 is 0 Å². The fourth-order valence-corrected chi connectivity index (χ4v) is 12.6. The van der Waals surface area contributed by atoms with Crippen LogP contribution in [0.5, 0.6) is 0 Å². The van der Waals surface area contributed by atoms with Gasteiger partial charge in [0.05, 0.1) is 23.0 Å². The number of allylic oxidation sites excluding steroid dienone is 8. The molecule has 0 bridgehead atoms. The minimum absolute atomic E-state index is 0. The predicted octanol–water partition coefficient (Wildman–Crippen LogP) is 25.9. The van der Waals surface area contributed by atoms with Crippen LogP contribution in [0.1, 0.15) is 177 Å². The summed E-state index contributed by atoms with van der Waals surface area (Å²) in [6.45, 7) is 43.7. The van der Waals surface area contributed by atoms with E-state index in [1.165, 1.54) is 156 Å². The van der Waals surface area contributed by atoms with Crippen molar-refractivity contribution >= 4 is 66.2 Å². The summed E-state index contributed by atoms with van der Waals surface area (Å²) in [5.41, 5.74) is 23.1. The van der Waals surface area contributed by atoms with Crippen LogP contribution in [0.3, 0.4) is 0 Å². The van der Waals surface area contributed by atoms with E-state index in [9.17, 15) is 19.2 Å². The summed E-state index contributed by atoms with van der Waals surface area (Å²) < 4.78 is 0. The van der Waals surface area contributed by atoms with Crippen molar-refractivity contribution in [2.45, 2.75) is 185 Å². The van der Waals surface area contributed by atoms with E-state index in [-0.39, 0.29) is 134 Å². The molecule has 0 aliphatic heterocycles. The maximum Gasteiger partial charge on any atom is 0.155 e. The van der Waals surface area contributed by atoms with Crippen LogP contribution in [-0.2, 0) is 112 Å². The number of aliphatic hydroxyl groups is 4. The van der Waals surface area contributed by atoms with Crippen LogP contribution in [-0.4, -0.2) is 63.5 Å². The van der Waals surface area contributed by atoms with Gasteiger partial charge in [0.15, 0.2) is 23.1 Å². The van der Waals surface area contributed by atoms with Gasteiger partial charge in [-0.1, -0.05) is 189 Å². The number of benzene rings is 8. The number of nitrogens with zero attached hydrogens (tertiary/aromatic N) is 4. The largest absolute Gasteiger partial charge is 0.512 e. The molecule has 0 atom stereocenters. The number of aliphatic hydroxyl groups excluding tert-OH is 4. The van der Waals surface area contributed by atoms with E-state index >= 15 is 0 Å². The molecule has 0 aliphatic rings. The summed E-state index contributed by atoms with van der Waals surface area (Å²) in [5, 5.41) is 43.3.